The third kappa shape index (κ3) is 5.48. The van der Waals surface area contributed by atoms with Crippen molar-refractivity contribution >= 4 is 40.3 Å². The van der Waals surface area contributed by atoms with Gasteiger partial charge in [-0.1, -0.05) is 42.1 Å². The van der Waals surface area contributed by atoms with Gasteiger partial charge in [-0.15, -0.1) is 0 Å². The molecule has 1 aliphatic heterocycles. The zero-order valence-electron chi connectivity index (χ0n) is 15.3. The maximum atomic E-state index is 12.5. The summed E-state index contributed by atoms with van der Waals surface area (Å²) in [5.41, 5.74) is 4.50. The Balaban J connectivity index is 0.00000261. The van der Waals surface area contributed by atoms with Crippen LogP contribution in [0.15, 0.2) is 54.6 Å². The average molecular weight is 406 g/mol. The first-order valence-electron chi connectivity index (χ1n) is 8.68. The van der Waals surface area contributed by atoms with E-state index in [1.54, 1.807) is 18.7 Å². The smallest absolute Gasteiger partial charge is 0.289 e. The van der Waals surface area contributed by atoms with Crippen LogP contribution in [0.4, 0.5) is 17.1 Å². The van der Waals surface area contributed by atoms with Crippen LogP contribution in [0.3, 0.4) is 0 Å². The molecule has 0 bridgehead atoms. The van der Waals surface area contributed by atoms with Crippen molar-refractivity contribution in [1.82, 2.24) is 0 Å². The number of halogens is 1. The summed E-state index contributed by atoms with van der Waals surface area (Å²) in [4.78, 5) is 12.5. The topological polar surface area (TPSA) is 64.4 Å². The fourth-order valence-electron chi connectivity index (χ4n) is 2.98. The Morgan fingerprint density at radius 3 is 2.41 bits per heavy atom. The summed E-state index contributed by atoms with van der Waals surface area (Å²) >= 11 is 1.58. The molecule has 3 rings (SSSR count). The lowest BCUT2D eigenvalue weighted by Crippen LogP contribution is -3.00. The van der Waals surface area contributed by atoms with Crippen molar-refractivity contribution in [2.75, 3.05) is 17.2 Å². The second-order valence-corrected chi connectivity index (χ2v) is 7.47. The molecule has 0 saturated carbocycles. The first-order chi connectivity index (χ1) is 12.5. The van der Waals surface area contributed by atoms with Crippen molar-refractivity contribution in [1.29, 1.82) is 0 Å². The Kier molecular flexibility index (Phi) is 7.71. The van der Waals surface area contributed by atoms with Gasteiger partial charge in [0, 0.05) is 5.69 Å². The highest BCUT2D eigenvalue weighted by Gasteiger charge is 2.37. The number of thioether (sulfide) groups is 1. The minimum atomic E-state index is -0.407. The number of rotatable bonds is 6. The Hall–Kier alpha value is -2.02. The lowest BCUT2D eigenvalue weighted by atomic mass is 10.1. The van der Waals surface area contributed by atoms with Gasteiger partial charge in [0.2, 0.25) is 6.54 Å². The molecule has 0 aliphatic carbocycles. The number of aliphatic hydroxyl groups excluding tert-OH is 1. The molecule has 1 aliphatic rings. The third-order valence-electron chi connectivity index (χ3n) is 4.41. The monoisotopic (exact) mass is 405 g/mol. The number of carbonyl (C=O) groups is 1. The van der Waals surface area contributed by atoms with Crippen LogP contribution < -0.4 is 23.0 Å². The van der Waals surface area contributed by atoms with E-state index in [0.717, 1.165) is 17.1 Å². The molecule has 2 aromatic rings. The molecule has 1 amide bonds. The van der Waals surface area contributed by atoms with Crippen LogP contribution in [-0.2, 0) is 4.79 Å². The van der Waals surface area contributed by atoms with Crippen LogP contribution in [0.2, 0.25) is 0 Å². The van der Waals surface area contributed by atoms with Crippen LogP contribution in [-0.4, -0.2) is 45.1 Å². The molecule has 0 saturated heterocycles. The number of nitrogens with zero attached hydrogens (tertiary/aromatic N) is 1. The number of hydrogen-bond acceptors (Lipinski definition) is 4. The molecular formula is C20H24ClN3O2S. The molecule has 3 N–H and O–H groups in total. The normalized spacial score (nSPS) is 19.6. The molecule has 144 valence electrons. The van der Waals surface area contributed by atoms with Gasteiger partial charge < -0.3 is 28.1 Å². The van der Waals surface area contributed by atoms with Crippen LogP contribution in [0, 0.1) is 0 Å². The van der Waals surface area contributed by atoms with Crippen molar-refractivity contribution in [3.8, 4) is 0 Å². The molecule has 27 heavy (non-hydrogen) atoms. The SMILES string of the molecule is CC(O)C1SC=[N+](CC(=O)Nc2ccccc2Nc2ccccc2)C1C.[Cl-]. The van der Waals surface area contributed by atoms with E-state index in [-0.39, 0.29) is 36.2 Å². The summed E-state index contributed by atoms with van der Waals surface area (Å²) in [6.45, 7) is 4.08. The zero-order chi connectivity index (χ0) is 18.5. The van der Waals surface area contributed by atoms with E-state index in [0.29, 0.717) is 0 Å². The van der Waals surface area contributed by atoms with E-state index in [1.165, 1.54) is 0 Å². The second kappa shape index (κ2) is 9.78. The van der Waals surface area contributed by atoms with Crippen molar-refractivity contribution in [2.24, 2.45) is 0 Å². The van der Waals surface area contributed by atoms with Gasteiger partial charge in [-0.25, -0.2) is 4.58 Å². The number of anilines is 3. The summed E-state index contributed by atoms with van der Waals surface area (Å²) in [5.74, 6) is -0.0812. The van der Waals surface area contributed by atoms with E-state index in [2.05, 4.69) is 10.6 Å². The Labute approximate surface area is 170 Å². The highest BCUT2D eigenvalue weighted by atomic mass is 35.5. The number of hydrogen-bond donors (Lipinski definition) is 3. The molecule has 0 spiro atoms. The van der Waals surface area contributed by atoms with Gasteiger partial charge >= 0.3 is 0 Å². The molecule has 1 heterocycles. The standard InChI is InChI=1S/C20H23N3O2S.ClH/c1-14-20(15(2)24)26-13-23(14)12-19(25)22-18-11-7-6-10-17(18)21-16-8-4-3-5-9-16;/h3-11,13-15,20-21,24H,12H2,1-2H3;1H. The molecule has 7 heteroatoms. The quantitative estimate of drug-likeness (QED) is 0.605. The van der Waals surface area contributed by atoms with E-state index in [9.17, 15) is 9.90 Å². The van der Waals surface area contributed by atoms with Gasteiger partial charge in [0.15, 0.2) is 11.6 Å². The molecule has 5 nitrogen and oxygen atoms in total. The first kappa shape index (κ1) is 21.3. The Bertz CT molecular complexity index is 799. The molecule has 0 radical (unpaired) electrons. The second-order valence-electron chi connectivity index (χ2n) is 6.44. The maximum absolute atomic E-state index is 12.5. The third-order valence-corrected chi connectivity index (χ3v) is 5.90. The van der Waals surface area contributed by atoms with Gasteiger partial charge in [0.05, 0.1) is 17.5 Å². The molecule has 0 aromatic heterocycles. The number of aliphatic hydroxyl groups is 1. The predicted octanol–water partition coefficient (Wildman–Crippen LogP) is 0.298. The van der Waals surface area contributed by atoms with E-state index in [4.69, 9.17) is 0 Å². The Morgan fingerprint density at radius 1 is 1.15 bits per heavy atom. The van der Waals surface area contributed by atoms with Crippen LogP contribution in [0.5, 0.6) is 0 Å². The molecule has 3 unspecified atom stereocenters. The fraction of sp³-hybridized carbons (Fsp3) is 0.300. The summed E-state index contributed by atoms with van der Waals surface area (Å²) in [7, 11) is 0. The van der Waals surface area contributed by atoms with Crippen molar-refractivity contribution in [3.05, 3.63) is 54.6 Å². The Morgan fingerprint density at radius 2 is 1.78 bits per heavy atom. The highest BCUT2D eigenvalue weighted by molar-refractivity contribution is 8.12. The molecular weight excluding hydrogens is 382 g/mol. The van der Waals surface area contributed by atoms with Crippen molar-refractivity contribution in [2.45, 2.75) is 31.2 Å². The minimum absolute atomic E-state index is 0. The van der Waals surface area contributed by atoms with Gasteiger partial charge in [-0.3, -0.25) is 4.79 Å². The number of nitrogens with one attached hydrogen (secondary N) is 2. The van der Waals surface area contributed by atoms with Crippen LogP contribution >= 0.6 is 11.8 Å². The summed E-state index contributed by atoms with van der Waals surface area (Å²) < 4.78 is 1.98. The summed E-state index contributed by atoms with van der Waals surface area (Å²) in [6, 6.07) is 17.6. The van der Waals surface area contributed by atoms with Crippen molar-refractivity contribution < 1.29 is 26.9 Å². The van der Waals surface area contributed by atoms with E-state index in [1.807, 2.05) is 71.6 Å². The lowest BCUT2D eigenvalue weighted by Gasteiger charge is -2.16. The van der Waals surface area contributed by atoms with Crippen LogP contribution in [0.1, 0.15) is 13.8 Å². The molecule has 0 fully saturated rings. The van der Waals surface area contributed by atoms with Crippen LogP contribution in [0.25, 0.3) is 0 Å². The predicted molar refractivity (Wildman–Crippen MR) is 109 cm³/mol. The van der Waals surface area contributed by atoms with Gasteiger partial charge in [0.25, 0.3) is 5.91 Å². The first-order valence-corrected chi connectivity index (χ1v) is 9.62. The van der Waals surface area contributed by atoms with Gasteiger partial charge in [-0.2, -0.15) is 0 Å². The molecule has 3 atom stereocenters. The van der Waals surface area contributed by atoms with E-state index < -0.39 is 6.10 Å². The van der Waals surface area contributed by atoms with E-state index >= 15 is 0 Å². The lowest BCUT2D eigenvalue weighted by molar-refractivity contribution is -0.542. The van der Waals surface area contributed by atoms with Gasteiger partial charge in [-0.05, 0) is 38.1 Å². The average Bonchev–Trinajstić information content (AvgIpc) is 2.98. The number of para-hydroxylation sites is 3. The maximum Gasteiger partial charge on any atom is 0.289 e. The van der Waals surface area contributed by atoms with Gasteiger partial charge in [0.1, 0.15) is 5.25 Å². The number of amides is 1. The number of carbonyl (C=O) groups excluding carboxylic acids is 1. The zero-order valence-corrected chi connectivity index (χ0v) is 16.9. The largest absolute Gasteiger partial charge is 1.00 e. The molecule has 2 aromatic carbocycles. The summed E-state index contributed by atoms with van der Waals surface area (Å²) in [5, 5.41) is 16.2. The fourth-order valence-corrected chi connectivity index (χ4v) is 4.15. The number of benzene rings is 2. The minimum Gasteiger partial charge on any atom is -1.00 e. The highest BCUT2D eigenvalue weighted by Crippen LogP contribution is 2.26. The summed E-state index contributed by atoms with van der Waals surface area (Å²) in [6.07, 6.45) is -0.407. The van der Waals surface area contributed by atoms with Crippen molar-refractivity contribution in [3.63, 3.8) is 0 Å².